The average Bonchev–Trinajstić information content (AvgIpc) is 3.31. The van der Waals surface area contributed by atoms with Crippen molar-refractivity contribution in [1.82, 2.24) is 14.8 Å². The van der Waals surface area contributed by atoms with Crippen molar-refractivity contribution in [2.24, 2.45) is 5.92 Å². The van der Waals surface area contributed by atoms with Gasteiger partial charge in [-0.15, -0.1) is 10.2 Å². The van der Waals surface area contributed by atoms with Crippen molar-refractivity contribution >= 4 is 35.0 Å². The minimum Gasteiger partial charge on any atom is -0.461 e. The maximum atomic E-state index is 12.3. The van der Waals surface area contributed by atoms with Crippen LogP contribution in [0.15, 0.2) is 46.2 Å². The van der Waals surface area contributed by atoms with E-state index in [0.29, 0.717) is 34.9 Å². The Morgan fingerprint density at radius 1 is 1.33 bits per heavy atom. The molecule has 0 radical (unpaired) electrons. The molecule has 3 aromatic rings. The number of aromatic nitrogens is 3. The fraction of sp³-hybridized carbons (Fsp3) is 0.316. The van der Waals surface area contributed by atoms with Gasteiger partial charge in [-0.3, -0.25) is 9.36 Å². The zero-order chi connectivity index (χ0) is 21.7. The van der Waals surface area contributed by atoms with Crippen LogP contribution in [0.1, 0.15) is 13.8 Å². The van der Waals surface area contributed by atoms with E-state index in [1.165, 1.54) is 30.0 Å². The van der Waals surface area contributed by atoms with Gasteiger partial charge in [-0.2, -0.15) is 8.78 Å². The van der Waals surface area contributed by atoms with Crippen molar-refractivity contribution in [2.75, 3.05) is 11.1 Å². The minimum atomic E-state index is -2.98. The molecule has 1 aromatic carbocycles. The molecule has 1 N–H and O–H groups in total. The molecule has 0 spiro atoms. The van der Waals surface area contributed by atoms with Crippen molar-refractivity contribution in [3.05, 3.63) is 41.6 Å². The topological polar surface area (TPSA) is 82.2 Å². The molecule has 0 aliphatic rings. The van der Waals surface area contributed by atoms with Gasteiger partial charge in [-0.05, 0) is 36.2 Å². The first-order chi connectivity index (χ1) is 14.3. The second-order valence-corrected chi connectivity index (χ2v) is 8.00. The molecule has 2 aromatic heterocycles. The molecular weight excluding hydrogens is 438 g/mol. The first kappa shape index (κ1) is 22.1. The largest absolute Gasteiger partial charge is 0.461 e. The normalized spacial score (nSPS) is 11.3. The minimum absolute atomic E-state index is 0.0273. The van der Waals surface area contributed by atoms with Crippen LogP contribution in [0.3, 0.4) is 0 Å². The van der Waals surface area contributed by atoms with Gasteiger partial charge in [0.15, 0.2) is 16.7 Å². The molecule has 0 aliphatic carbocycles. The molecule has 0 atom stereocenters. The number of nitrogens with one attached hydrogen (secondary N) is 1. The Morgan fingerprint density at radius 3 is 2.77 bits per heavy atom. The summed E-state index contributed by atoms with van der Waals surface area (Å²) in [6.45, 7) is 1.82. The van der Waals surface area contributed by atoms with Crippen LogP contribution in [0, 0.1) is 5.92 Å². The van der Waals surface area contributed by atoms with Crippen molar-refractivity contribution in [2.45, 2.75) is 32.2 Å². The quantitative estimate of drug-likeness (QED) is 0.447. The van der Waals surface area contributed by atoms with Crippen LogP contribution < -0.4 is 10.1 Å². The molecule has 30 heavy (non-hydrogen) atoms. The number of rotatable bonds is 9. The summed E-state index contributed by atoms with van der Waals surface area (Å²) in [5.74, 6) is 1.13. The second-order valence-electron chi connectivity index (χ2n) is 6.65. The van der Waals surface area contributed by atoms with Crippen LogP contribution in [0.25, 0.3) is 11.6 Å². The van der Waals surface area contributed by atoms with E-state index in [4.69, 9.17) is 16.0 Å². The van der Waals surface area contributed by atoms with Gasteiger partial charge in [0.25, 0.3) is 0 Å². The molecule has 7 nitrogen and oxygen atoms in total. The monoisotopic (exact) mass is 456 g/mol. The lowest BCUT2D eigenvalue weighted by Crippen LogP contribution is -2.15. The number of hydrogen-bond acceptors (Lipinski definition) is 6. The molecule has 0 saturated carbocycles. The molecule has 0 saturated heterocycles. The summed E-state index contributed by atoms with van der Waals surface area (Å²) in [5, 5.41) is 11.6. The Balaban J connectivity index is 1.65. The number of ether oxygens (including phenoxy) is 1. The third kappa shape index (κ3) is 5.73. The van der Waals surface area contributed by atoms with E-state index >= 15 is 0 Å². The smallest absolute Gasteiger partial charge is 0.387 e. The SMILES string of the molecule is CC(C)Cn1c(SCC(=O)Nc2ccc(OC(F)F)c(Cl)c2)nnc1-c1ccco1. The van der Waals surface area contributed by atoms with Crippen LogP contribution in [0.5, 0.6) is 5.75 Å². The highest BCUT2D eigenvalue weighted by atomic mass is 35.5. The Morgan fingerprint density at radius 2 is 2.13 bits per heavy atom. The number of halogens is 3. The van der Waals surface area contributed by atoms with Crippen LogP contribution in [0.2, 0.25) is 5.02 Å². The average molecular weight is 457 g/mol. The van der Waals surface area contributed by atoms with Crippen LogP contribution >= 0.6 is 23.4 Å². The molecular formula is C19H19ClF2N4O3S. The lowest BCUT2D eigenvalue weighted by molar-refractivity contribution is -0.113. The van der Waals surface area contributed by atoms with E-state index in [9.17, 15) is 13.6 Å². The van der Waals surface area contributed by atoms with Gasteiger partial charge in [-0.25, -0.2) is 0 Å². The molecule has 11 heteroatoms. The number of anilines is 1. The van der Waals surface area contributed by atoms with E-state index in [1.807, 2.05) is 4.57 Å². The van der Waals surface area contributed by atoms with Gasteiger partial charge in [0.1, 0.15) is 5.75 Å². The highest BCUT2D eigenvalue weighted by Crippen LogP contribution is 2.29. The number of benzene rings is 1. The molecule has 160 valence electrons. The number of nitrogens with zero attached hydrogens (tertiary/aromatic N) is 3. The summed E-state index contributed by atoms with van der Waals surface area (Å²) in [6, 6.07) is 7.62. The third-order valence-corrected chi connectivity index (χ3v) is 5.03. The van der Waals surface area contributed by atoms with Crippen molar-refractivity contribution in [3.8, 4) is 17.3 Å². The van der Waals surface area contributed by atoms with Crippen LogP contribution in [-0.4, -0.2) is 33.0 Å². The fourth-order valence-corrected chi connectivity index (χ4v) is 3.58. The molecule has 1 amide bonds. The summed E-state index contributed by atoms with van der Waals surface area (Å²) >= 11 is 7.13. The van der Waals surface area contributed by atoms with Gasteiger partial charge >= 0.3 is 6.61 Å². The maximum Gasteiger partial charge on any atom is 0.387 e. The van der Waals surface area contributed by atoms with Crippen LogP contribution in [-0.2, 0) is 11.3 Å². The molecule has 0 unspecified atom stereocenters. The second kappa shape index (κ2) is 9.94. The standard InChI is InChI=1S/C19H19ClF2N4O3S/c1-11(2)9-26-17(15-4-3-7-28-15)24-25-19(26)30-10-16(27)23-12-5-6-14(13(20)8-12)29-18(21)22/h3-8,11,18H,9-10H2,1-2H3,(H,23,27). The summed E-state index contributed by atoms with van der Waals surface area (Å²) in [5.41, 5.74) is 0.368. The molecule has 2 heterocycles. The summed E-state index contributed by atoms with van der Waals surface area (Å²) < 4.78 is 36.2. The Bertz CT molecular complexity index is 996. The highest BCUT2D eigenvalue weighted by Gasteiger charge is 2.18. The third-order valence-electron chi connectivity index (χ3n) is 3.77. The number of carbonyl (C=O) groups is 1. The van der Waals surface area contributed by atoms with Crippen molar-refractivity contribution in [1.29, 1.82) is 0 Å². The summed E-state index contributed by atoms with van der Waals surface area (Å²) in [6.07, 6.45) is 1.56. The summed E-state index contributed by atoms with van der Waals surface area (Å²) in [4.78, 5) is 12.3. The van der Waals surface area contributed by atoms with Crippen LogP contribution in [0.4, 0.5) is 14.5 Å². The fourth-order valence-electron chi connectivity index (χ4n) is 2.61. The Labute approximate surface area is 180 Å². The zero-order valence-electron chi connectivity index (χ0n) is 16.1. The molecule has 0 fully saturated rings. The first-order valence-corrected chi connectivity index (χ1v) is 10.3. The lowest BCUT2D eigenvalue weighted by Gasteiger charge is -2.12. The number of amides is 1. The van der Waals surface area contributed by atoms with E-state index < -0.39 is 6.61 Å². The Hall–Kier alpha value is -2.59. The lowest BCUT2D eigenvalue weighted by atomic mass is 10.2. The number of hydrogen-bond donors (Lipinski definition) is 1. The molecule has 3 rings (SSSR count). The highest BCUT2D eigenvalue weighted by molar-refractivity contribution is 7.99. The number of alkyl halides is 2. The number of thioether (sulfide) groups is 1. The van der Waals surface area contributed by atoms with Gasteiger partial charge in [0.05, 0.1) is 17.0 Å². The van der Waals surface area contributed by atoms with Gasteiger partial charge < -0.3 is 14.5 Å². The van der Waals surface area contributed by atoms with Crippen molar-refractivity contribution in [3.63, 3.8) is 0 Å². The number of furan rings is 1. The Kier molecular flexibility index (Phi) is 7.33. The predicted octanol–water partition coefficient (Wildman–Crippen LogP) is 5.18. The zero-order valence-corrected chi connectivity index (χ0v) is 17.7. The van der Waals surface area contributed by atoms with Gasteiger partial charge in [-0.1, -0.05) is 37.2 Å². The van der Waals surface area contributed by atoms with E-state index in [1.54, 1.807) is 18.4 Å². The van der Waals surface area contributed by atoms with Crippen molar-refractivity contribution < 1.29 is 22.7 Å². The van der Waals surface area contributed by atoms with E-state index in [-0.39, 0.29) is 22.4 Å². The van der Waals surface area contributed by atoms with E-state index in [2.05, 4.69) is 34.1 Å². The summed E-state index contributed by atoms with van der Waals surface area (Å²) in [7, 11) is 0. The predicted molar refractivity (Wildman–Crippen MR) is 110 cm³/mol. The number of carbonyl (C=O) groups excluding carboxylic acids is 1. The maximum absolute atomic E-state index is 12.3. The molecule has 0 bridgehead atoms. The van der Waals surface area contributed by atoms with Gasteiger partial charge in [0, 0.05) is 12.2 Å². The van der Waals surface area contributed by atoms with Gasteiger partial charge in [0.2, 0.25) is 5.91 Å². The van der Waals surface area contributed by atoms with E-state index in [0.717, 1.165) is 0 Å². The first-order valence-electron chi connectivity index (χ1n) is 8.97. The molecule has 0 aliphatic heterocycles.